The monoisotopic (exact) mass is 210 g/mol. The molecule has 4 nitrogen and oxygen atoms in total. The Hall–Kier alpha value is -1.13. The highest BCUT2D eigenvalue weighted by atomic mass is 16.3. The van der Waals surface area contributed by atoms with E-state index < -0.39 is 0 Å². The van der Waals surface area contributed by atoms with Crippen molar-refractivity contribution in [3.8, 4) is 5.75 Å². The predicted octanol–water partition coefficient (Wildman–Crippen LogP) is 1.08. The van der Waals surface area contributed by atoms with E-state index in [1.165, 1.54) is 0 Å². The van der Waals surface area contributed by atoms with E-state index in [-0.39, 0.29) is 18.9 Å². The normalized spacial score (nSPS) is 10.6. The molecule has 0 amide bonds. The van der Waals surface area contributed by atoms with Gasteiger partial charge in [-0.05, 0) is 12.8 Å². The number of unbranched alkanes of at least 4 members (excludes halogenated alkanes) is 1. The molecule has 0 radical (unpaired) electrons. The van der Waals surface area contributed by atoms with Crippen LogP contribution in [0.2, 0.25) is 0 Å². The molecule has 0 aliphatic carbocycles. The zero-order valence-electron chi connectivity index (χ0n) is 9.03. The van der Waals surface area contributed by atoms with E-state index in [1.54, 1.807) is 6.20 Å². The van der Waals surface area contributed by atoms with Gasteiger partial charge in [-0.3, -0.25) is 4.98 Å². The summed E-state index contributed by atoms with van der Waals surface area (Å²) in [7, 11) is 0. The van der Waals surface area contributed by atoms with Gasteiger partial charge in [0, 0.05) is 23.9 Å². The zero-order chi connectivity index (χ0) is 11.3. The van der Waals surface area contributed by atoms with Crippen LogP contribution in [0.4, 0.5) is 0 Å². The summed E-state index contributed by atoms with van der Waals surface area (Å²) in [6.45, 7) is 2.17. The van der Waals surface area contributed by atoms with Crippen LogP contribution in [0.15, 0.2) is 6.20 Å². The van der Waals surface area contributed by atoms with Gasteiger partial charge < -0.3 is 15.9 Å². The van der Waals surface area contributed by atoms with Crippen LogP contribution in [-0.4, -0.2) is 15.2 Å². The Balaban J connectivity index is 3.00. The molecular weight excluding hydrogens is 192 g/mol. The number of hydrogen-bond acceptors (Lipinski definition) is 4. The lowest BCUT2D eigenvalue weighted by molar-refractivity contribution is 0.279. The van der Waals surface area contributed by atoms with Crippen LogP contribution in [0.3, 0.4) is 0 Å². The number of pyridine rings is 1. The first-order chi connectivity index (χ1) is 7.24. The molecule has 0 aromatic carbocycles. The molecule has 0 unspecified atom stereocenters. The summed E-state index contributed by atoms with van der Waals surface area (Å²) >= 11 is 0. The number of hydrogen-bond donors (Lipinski definition) is 3. The number of aromatic nitrogens is 1. The summed E-state index contributed by atoms with van der Waals surface area (Å²) < 4.78 is 0. The van der Waals surface area contributed by atoms with Crippen LogP contribution < -0.4 is 5.73 Å². The van der Waals surface area contributed by atoms with Crippen LogP contribution in [-0.2, 0) is 19.6 Å². The Kier molecular flexibility index (Phi) is 4.52. The second-order valence-electron chi connectivity index (χ2n) is 3.52. The fourth-order valence-corrected chi connectivity index (χ4v) is 1.51. The van der Waals surface area contributed by atoms with Gasteiger partial charge in [0.2, 0.25) is 0 Å². The van der Waals surface area contributed by atoms with E-state index in [0.717, 1.165) is 19.3 Å². The van der Waals surface area contributed by atoms with Gasteiger partial charge in [0.25, 0.3) is 0 Å². The van der Waals surface area contributed by atoms with Crippen LogP contribution >= 0.6 is 0 Å². The van der Waals surface area contributed by atoms with Crippen molar-refractivity contribution in [3.63, 3.8) is 0 Å². The molecular formula is C11H18N2O2. The molecule has 1 aromatic rings. The molecule has 0 atom stereocenters. The molecule has 0 fully saturated rings. The minimum Gasteiger partial charge on any atom is -0.506 e. The van der Waals surface area contributed by atoms with Gasteiger partial charge >= 0.3 is 0 Å². The highest BCUT2D eigenvalue weighted by Crippen LogP contribution is 2.25. The van der Waals surface area contributed by atoms with Crippen molar-refractivity contribution < 1.29 is 10.2 Å². The number of aliphatic hydroxyl groups is 1. The molecule has 1 heterocycles. The molecule has 4 heteroatoms. The maximum absolute atomic E-state index is 9.87. The van der Waals surface area contributed by atoms with Gasteiger partial charge in [0.15, 0.2) is 0 Å². The van der Waals surface area contributed by atoms with E-state index in [4.69, 9.17) is 10.8 Å². The molecule has 15 heavy (non-hydrogen) atoms. The largest absolute Gasteiger partial charge is 0.506 e. The van der Waals surface area contributed by atoms with E-state index >= 15 is 0 Å². The maximum Gasteiger partial charge on any atom is 0.141 e. The third-order valence-electron chi connectivity index (χ3n) is 2.46. The maximum atomic E-state index is 9.87. The lowest BCUT2D eigenvalue weighted by Gasteiger charge is -2.10. The third-order valence-corrected chi connectivity index (χ3v) is 2.46. The van der Waals surface area contributed by atoms with Gasteiger partial charge in [0.1, 0.15) is 5.75 Å². The summed E-state index contributed by atoms with van der Waals surface area (Å²) in [5.74, 6) is 0.150. The minimum atomic E-state index is -0.138. The van der Waals surface area contributed by atoms with Crippen molar-refractivity contribution in [3.05, 3.63) is 23.0 Å². The second kappa shape index (κ2) is 5.68. The van der Waals surface area contributed by atoms with E-state index in [9.17, 15) is 5.11 Å². The first-order valence-electron chi connectivity index (χ1n) is 5.24. The molecule has 0 saturated carbocycles. The molecule has 4 N–H and O–H groups in total. The third kappa shape index (κ3) is 2.67. The second-order valence-corrected chi connectivity index (χ2v) is 3.52. The molecule has 0 aliphatic heterocycles. The van der Waals surface area contributed by atoms with Crippen LogP contribution in [0.1, 0.15) is 36.6 Å². The number of rotatable bonds is 5. The minimum absolute atomic E-state index is 0.138. The van der Waals surface area contributed by atoms with E-state index in [1.807, 2.05) is 0 Å². The topological polar surface area (TPSA) is 79.4 Å². The van der Waals surface area contributed by atoms with Gasteiger partial charge in [0.05, 0.1) is 12.3 Å². The average Bonchev–Trinajstić information content (AvgIpc) is 2.27. The fraction of sp³-hybridized carbons (Fsp3) is 0.545. The highest BCUT2D eigenvalue weighted by molar-refractivity contribution is 5.41. The van der Waals surface area contributed by atoms with Crippen molar-refractivity contribution in [2.45, 2.75) is 39.3 Å². The summed E-state index contributed by atoms with van der Waals surface area (Å²) in [5.41, 5.74) is 7.42. The standard InChI is InChI=1S/C11H18N2O2/c1-2-3-4-10-11(15)9(5-12)8(7-14)6-13-10/h6,14-15H,2-5,7,12H2,1H3. The van der Waals surface area contributed by atoms with Crippen molar-refractivity contribution in [1.29, 1.82) is 0 Å². The van der Waals surface area contributed by atoms with Gasteiger partial charge in [-0.1, -0.05) is 13.3 Å². The molecule has 0 bridgehead atoms. The molecule has 0 saturated heterocycles. The van der Waals surface area contributed by atoms with Crippen molar-refractivity contribution >= 4 is 0 Å². The lowest BCUT2D eigenvalue weighted by atomic mass is 10.1. The number of aromatic hydroxyl groups is 1. The Morgan fingerprint density at radius 2 is 2.20 bits per heavy atom. The van der Waals surface area contributed by atoms with Gasteiger partial charge in [-0.25, -0.2) is 0 Å². The van der Waals surface area contributed by atoms with Crippen molar-refractivity contribution in [1.82, 2.24) is 4.98 Å². The van der Waals surface area contributed by atoms with Crippen LogP contribution in [0.25, 0.3) is 0 Å². The fourth-order valence-electron chi connectivity index (χ4n) is 1.51. The number of nitrogens with two attached hydrogens (primary N) is 1. The average molecular weight is 210 g/mol. The number of aliphatic hydroxyl groups excluding tert-OH is 1. The Bertz CT molecular complexity index is 327. The van der Waals surface area contributed by atoms with Crippen LogP contribution in [0, 0.1) is 0 Å². The smallest absolute Gasteiger partial charge is 0.141 e. The zero-order valence-corrected chi connectivity index (χ0v) is 9.03. The predicted molar refractivity (Wildman–Crippen MR) is 58.3 cm³/mol. The summed E-state index contributed by atoms with van der Waals surface area (Å²) in [4.78, 5) is 4.13. The quantitative estimate of drug-likeness (QED) is 0.679. The Morgan fingerprint density at radius 3 is 2.73 bits per heavy atom. The molecule has 1 rings (SSSR count). The Labute approximate surface area is 89.8 Å². The van der Waals surface area contributed by atoms with Crippen LogP contribution in [0.5, 0.6) is 5.75 Å². The first-order valence-corrected chi connectivity index (χ1v) is 5.24. The van der Waals surface area contributed by atoms with E-state index in [2.05, 4.69) is 11.9 Å². The first kappa shape index (κ1) is 11.9. The number of nitrogens with zero attached hydrogens (tertiary/aromatic N) is 1. The summed E-state index contributed by atoms with van der Waals surface area (Å²) in [5, 5.41) is 18.9. The molecule has 1 aromatic heterocycles. The van der Waals surface area contributed by atoms with Gasteiger partial charge in [-0.2, -0.15) is 0 Å². The highest BCUT2D eigenvalue weighted by Gasteiger charge is 2.11. The SMILES string of the molecule is CCCCc1ncc(CO)c(CN)c1O. The molecule has 84 valence electrons. The summed E-state index contributed by atoms with van der Waals surface area (Å²) in [6, 6.07) is 0. The van der Waals surface area contributed by atoms with Gasteiger partial charge in [-0.15, -0.1) is 0 Å². The van der Waals surface area contributed by atoms with Crippen molar-refractivity contribution in [2.24, 2.45) is 5.73 Å². The number of aryl methyl sites for hydroxylation is 1. The van der Waals surface area contributed by atoms with Crippen molar-refractivity contribution in [2.75, 3.05) is 0 Å². The van der Waals surface area contributed by atoms with E-state index in [0.29, 0.717) is 16.8 Å². The molecule has 0 spiro atoms. The Morgan fingerprint density at radius 1 is 1.47 bits per heavy atom. The molecule has 0 aliphatic rings. The summed E-state index contributed by atoms with van der Waals surface area (Å²) in [6.07, 6.45) is 4.39. The lowest BCUT2D eigenvalue weighted by Crippen LogP contribution is -2.05.